The van der Waals surface area contributed by atoms with Crippen LogP contribution < -0.4 is 9.64 Å². The molecule has 0 aromatic carbocycles. The van der Waals surface area contributed by atoms with Crippen LogP contribution in [-0.2, 0) is 25.0 Å². The van der Waals surface area contributed by atoms with Gasteiger partial charge < -0.3 is 19.1 Å². The highest BCUT2D eigenvalue weighted by atomic mass is 35.5. The lowest BCUT2D eigenvalue weighted by atomic mass is 9.94. The lowest BCUT2D eigenvalue weighted by molar-refractivity contribution is 0.0737. The topological polar surface area (TPSA) is 73.8 Å². The van der Waals surface area contributed by atoms with Crippen LogP contribution in [0.15, 0.2) is 0 Å². The average molecular weight is 418 g/mol. The first-order valence-electron chi connectivity index (χ1n) is 9.42. The van der Waals surface area contributed by atoms with Gasteiger partial charge >= 0.3 is 0 Å². The standard InChI is InChI=1S/C18H28ClN3O4S/c1-4-26-14-15(18(27(3)23)5-8-24-9-6-18)20-17(19)21-16(14)22-7-10-25-12-13(2)11-22/h13H,4-12H2,1-3H3/t13-,27?/m0/s1. The maximum atomic E-state index is 12.8. The van der Waals surface area contributed by atoms with Gasteiger partial charge in [0.15, 0.2) is 11.6 Å². The number of rotatable bonds is 5. The van der Waals surface area contributed by atoms with Gasteiger partial charge in [0.25, 0.3) is 0 Å². The summed E-state index contributed by atoms with van der Waals surface area (Å²) in [7, 11) is -1.16. The first kappa shape index (κ1) is 20.8. The summed E-state index contributed by atoms with van der Waals surface area (Å²) in [6.45, 7) is 8.43. The van der Waals surface area contributed by atoms with Crippen LogP contribution in [0.25, 0.3) is 0 Å². The van der Waals surface area contributed by atoms with Gasteiger partial charge in [-0.1, -0.05) is 6.92 Å². The molecule has 152 valence electrons. The van der Waals surface area contributed by atoms with Gasteiger partial charge in [-0.05, 0) is 37.3 Å². The zero-order valence-corrected chi connectivity index (χ0v) is 17.8. The Morgan fingerprint density at radius 2 is 2.04 bits per heavy atom. The zero-order chi connectivity index (χ0) is 19.4. The molecule has 0 N–H and O–H groups in total. The lowest BCUT2D eigenvalue weighted by Gasteiger charge is -2.36. The number of hydrogen-bond acceptors (Lipinski definition) is 7. The number of nitrogens with zero attached hydrogens (tertiary/aromatic N) is 3. The Kier molecular flexibility index (Phi) is 6.94. The van der Waals surface area contributed by atoms with Crippen molar-refractivity contribution in [3.05, 3.63) is 11.0 Å². The summed E-state index contributed by atoms with van der Waals surface area (Å²) in [5.41, 5.74) is 0.640. The van der Waals surface area contributed by atoms with Crippen molar-refractivity contribution in [2.45, 2.75) is 31.4 Å². The van der Waals surface area contributed by atoms with Gasteiger partial charge in [0.2, 0.25) is 5.28 Å². The molecule has 1 aromatic heterocycles. The Morgan fingerprint density at radius 1 is 1.30 bits per heavy atom. The Labute approximate surface area is 168 Å². The Hall–Kier alpha value is -0.960. The number of halogens is 1. The number of ether oxygens (including phenoxy) is 3. The van der Waals surface area contributed by atoms with E-state index in [1.165, 1.54) is 0 Å². The predicted octanol–water partition coefficient (Wildman–Crippen LogP) is 2.39. The smallest absolute Gasteiger partial charge is 0.224 e. The maximum Gasteiger partial charge on any atom is 0.224 e. The van der Waals surface area contributed by atoms with Crippen LogP contribution >= 0.6 is 11.6 Å². The van der Waals surface area contributed by atoms with E-state index >= 15 is 0 Å². The monoisotopic (exact) mass is 417 g/mol. The van der Waals surface area contributed by atoms with Gasteiger partial charge in [-0.25, -0.2) is 4.98 Å². The van der Waals surface area contributed by atoms with E-state index in [1.807, 2.05) is 6.92 Å². The van der Waals surface area contributed by atoms with Crippen LogP contribution in [0.4, 0.5) is 5.82 Å². The van der Waals surface area contributed by atoms with Gasteiger partial charge in [-0.3, -0.25) is 4.21 Å². The largest absolute Gasteiger partial charge is 0.488 e. The molecule has 0 saturated carbocycles. The summed E-state index contributed by atoms with van der Waals surface area (Å²) in [6.07, 6.45) is 2.95. The molecular weight excluding hydrogens is 390 g/mol. The predicted molar refractivity (Wildman–Crippen MR) is 106 cm³/mol. The zero-order valence-electron chi connectivity index (χ0n) is 16.2. The molecule has 9 heteroatoms. The quantitative estimate of drug-likeness (QED) is 0.681. The minimum Gasteiger partial charge on any atom is -0.488 e. The van der Waals surface area contributed by atoms with Gasteiger partial charge in [0.1, 0.15) is 5.69 Å². The Morgan fingerprint density at radius 3 is 2.70 bits per heavy atom. The van der Waals surface area contributed by atoms with Crippen molar-refractivity contribution in [1.82, 2.24) is 9.97 Å². The number of anilines is 1. The molecule has 2 aliphatic rings. The molecule has 27 heavy (non-hydrogen) atoms. The van der Waals surface area contributed by atoms with Gasteiger partial charge in [-0.15, -0.1) is 0 Å². The van der Waals surface area contributed by atoms with Crippen molar-refractivity contribution in [3.63, 3.8) is 0 Å². The van der Waals surface area contributed by atoms with Crippen LogP contribution in [-0.4, -0.2) is 66.6 Å². The molecule has 2 fully saturated rings. The van der Waals surface area contributed by atoms with Crippen molar-refractivity contribution >= 4 is 28.2 Å². The second-order valence-corrected chi connectivity index (χ2v) is 9.14. The van der Waals surface area contributed by atoms with Gasteiger partial charge in [-0.2, -0.15) is 4.98 Å². The normalized spacial score (nSPS) is 24.3. The fourth-order valence-corrected chi connectivity index (χ4v) is 5.06. The first-order valence-corrected chi connectivity index (χ1v) is 11.4. The molecule has 3 heterocycles. The van der Waals surface area contributed by atoms with E-state index < -0.39 is 15.5 Å². The molecule has 0 aliphatic carbocycles. The van der Waals surface area contributed by atoms with E-state index in [0.29, 0.717) is 75.6 Å². The third-order valence-corrected chi connectivity index (χ3v) is 7.00. The molecule has 0 radical (unpaired) electrons. The van der Waals surface area contributed by atoms with Crippen LogP contribution in [0, 0.1) is 5.92 Å². The molecule has 2 atom stereocenters. The molecule has 1 unspecified atom stereocenters. The van der Waals surface area contributed by atoms with Crippen LogP contribution in [0.1, 0.15) is 32.4 Å². The fraction of sp³-hybridized carbons (Fsp3) is 0.778. The van der Waals surface area contributed by atoms with E-state index in [0.717, 1.165) is 6.54 Å². The minimum atomic E-state index is -1.16. The van der Waals surface area contributed by atoms with E-state index in [1.54, 1.807) is 6.26 Å². The van der Waals surface area contributed by atoms with Crippen molar-refractivity contribution in [1.29, 1.82) is 0 Å². The summed E-state index contributed by atoms with van der Waals surface area (Å²) >= 11 is 6.34. The van der Waals surface area contributed by atoms with E-state index in [9.17, 15) is 4.21 Å². The molecule has 1 aromatic rings. The third-order valence-electron chi connectivity index (χ3n) is 5.13. The molecular formula is C18H28ClN3O4S. The summed E-state index contributed by atoms with van der Waals surface area (Å²) in [5.74, 6) is 1.62. The van der Waals surface area contributed by atoms with Crippen LogP contribution in [0.3, 0.4) is 0 Å². The number of aromatic nitrogens is 2. The summed E-state index contributed by atoms with van der Waals surface area (Å²) in [6, 6.07) is 0. The number of hydrogen-bond donors (Lipinski definition) is 0. The molecule has 2 saturated heterocycles. The first-order chi connectivity index (χ1) is 13.0. The SMILES string of the molecule is CCOc1c(N2CCOC[C@@H](C)C2)nc(Cl)nc1C1(S(C)=O)CCOCC1. The van der Waals surface area contributed by atoms with Gasteiger partial charge in [0.05, 0.1) is 24.6 Å². The lowest BCUT2D eigenvalue weighted by Crippen LogP contribution is -2.39. The Bertz CT molecular complexity index is 685. The molecule has 0 bridgehead atoms. The molecule has 0 amide bonds. The second kappa shape index (κ2) is 9.03. The molecule has 2 aliphatic heterocycles. The highest BCUT2D eigenvalue weighted by molar-refractivity contribution is 7.85. The van der Waals surface area contributed by atoms with Crippen molar-refractivity contribution in [2.24, 2.45) is 5.92 Å². The third kappa shape index (κ3) is 4.39. The van der Waals surface area contributed by atoms with Crippen molar-refractivity contribution in [3.8, 4) is 5.75 Å². The van der Waals surface area contributed by atoms with E-state index in [-0.39, 0.29) is 5.28 Å². The van der Waals surface area contributed by atoms with Crippen molar-refractivity contribution < 1.29 is 18.4 Å². The molecule has 3 rings (SSSR count). The van der Waals surface area contributed by atoms with Gasteiger partial charge in [0, 0.05) is 43.4 Å². The van der Waals surface area contributed by atoms with Crippen LogP contribution in [0.2, 0.25) is 5.28 Å². The average Bonchev–Trinajstić information content (AvgIpc) is 2.87. The highest BCUT2D eigenvalue weighted by Crippen LogP contribution is 2.45. The molecule has 7 nitrogen and oxygen atoms in total. The summed E-state index contributed by atoms with van der Waals surface area (Å²) < 4.78 is 29.4. The molecule has 0 spiro atoms. The Balaban J connectivity index is 2.13. The fourth-order valence-electron chi connectivity index (χ4n) is 3.75. The minimum absolute atomic E-state index is 0.151. The van der Waals surface area contributed by atoms with Crippen LogP contribution in [0.5, 0.6) is 5.75 Å². The summed E-state index contributed by atoms with van der Waals surface area (Å²) in [4.78, 5) is 11.2. The second-order valence-electron chi connectivity index (χ2n) is 7.11. The van der Waals surface area contributed by atoms with E-state index in [2.05, 4.69) is 21.8 Å². The maximum absolute atomic E-state index is 12.8. The summed E-state index contributed by atoms with van der Waals surface area (Å²) in [5, 5.41) is 0.151. The van der Waals surface area contributed by atoms with Crippen molar-refractivity contribution in [2.75, 3.05) is 57.3 Å². The highest BCUT2D eigenvalue weighted by Gasteiger charge is 2.44. The van der Waals surface area contributed by atoms with E-state index in [4.69, 9.17) is 25.8 Å².